The second-order valence-corrected chi connectivity index (χ2v) is 6.28. The third kappa shape index (κ3) is 3.69. The number of aliphatic hydroxyl groups is 1. The van der Waals surface area contributed by atoms with Crippen molar-refractivity contribution < 1.29 is 9.50 Å². The van der Waals surface area contributed by atoms with Gasteiger partial charge in [-0.15, -0.1) is 0 Å². The minimum absolute atomic E-state index is 0.281. The molecule has 0 aromatic heterocycles. The van der Waals surface area contributed by atoms with Crippen LogP contribution in [0.4, 0.5) is 4.39 Å². The van der Waals surface area contributed by atoms with Gasteiger partial charge in [0.05, 0.1) is 0 Å². The average Bonchev–Trinajstić information content (AvgIpc) is 2.57. The summed E-state index contributed by atoms with van der Waals surface area (Å²) in [7, 11) is 0. The van der Waals surface area contributed by atoms with Crippen LogP contribution in [-0.2, 0) is 12.1 Å². The molecule has 1 N–H and O–H groups in total. The van der Waals surface area contributed by atoms with Gasteiger partial charge in [0, 0.05) is 19.6 Å². The molecule has 0 aliphatic carbocycles. The first-order valence-corrected chi connectivity index (χ1v) is 8.00. The van der Waals surface area contributed by atoms with Crippen molar-refractivity contribution in [2.45, 2.75) is 25.5 Å². The number of rotatable bonds is 4. The lowest BCUT2D eigenvalue weighted by Crippen LogP contribution is -2.34. The highest BCUT2D eigenvalue weighted by atomic mass is 19.1. The molecule has 0 bridgehead atoms. The number of halogens is 1. The Balaban J connectivity index is 1.69. The van der Waals surface area contributed by atoms with E-state index in [1.807, 2.05) is 6.07 Å². The maximum absolute atomic E-state index is 13.1. The number of hydrogen-bond donors (Lipinski definition) is 1. The lowest BCUT2D eigenvalue weighted by Gasteiger charge is -2.33. The second kappa shape index (κ2) is 6.65. The molecule has 23 heavy (non-hydrogen) atoms. The van der Waals surface area contributed by atoms with Crippen molar-refractivity contribution in [1.29, 1.82) is 0 Å². The predicted octanol–water partition coefficient (Wildman–Crippen LogP) is 3.87. The van der Waals surface area contributed by atoms with E-state index in [0.29, 0.717) is 0 Å². The van der Waals surface area contributed by atoms with Gasteiger partial charge in [0.1, 0.15) is 11.4 Å². The van der Waals surface area contributed by atoms with Crippen molar-refractivity contribution in [1.82, 2.24) is 4.90 Å². The molecule has 0 saturated carbocycles. The second-order valence-electron chi connectivity index (χ2n) is 6.28. The molecule has 0 amide bonds. The highest BCUT2D eigenvalue weighted by Gasteiger charge is 2.29. The Labute approximate surface area is 136 Å². The molecule has 1 unspecified atom stereocenters. The van der Waals surface area contributed by atoms with Gasteiger partial charge in [0.25, 0.3) is 0 Å². The molecule has 3 heteroatoms. The minimum Gasteiger partial charge on any atom is -0.381 e. The van der Waals surface area contributed by atoms with Gasteiger partial charge in [-0.3, -0.25) is 4.90 Å². The maximum atomic E-state index is 13.1. The van der Waals surface area contributed by atoms with Crippen molar-refractivity contribution in [2.24, 2.45) is 0 Å². The Morgan fingerprint density at radius 1 is 1.09 bits per heavy atom. The van der Waals surface area contributed by atoms with Gasteiger partial charge in [-0.2, -0.15) is 0 Å². The van der Waals surface area contributed by atoms with E-state index in [1.54, 1.807) is 19.1 Å². The monoisotopic (exact) mass is 311 g/mol. The standard InChI is InChI=1S/C20H22FNO/c1-20(23,17-7-9-19(21)10-8-17)18-11-13-22(14-12-18)15-16-5-3-2-4-6-16/h2-11,23H,12-15H2,1H3. The van der Waals surface area contributed by atoms with Crippen LogP contribution in [0.15, 0.2) is 66.2 Å². The number of hydrogen-bond acceptors (Lipinski definition) is 2. The van der Waals surface area contributed by atoms with Crippen LogP contribution in [0.1, 0.15) is 24.5 Å². The van der Waals surface area contributed by atoms with E-state index < -0.39 is 5.60 Å². The average molecular weight is 311 g/mol. The molecule has 1 atom stereocenters. The van der Waals surface area contributed by atoms with E-state index in [-0.39, 0.29) is 5.82 Å². The maximum Gasteiger partial charge on any atom is 0.123 e. The van der Waals surface area contributed by atoms with Crippen molar-refractivity contribution in [3.05, 3.63) is 83.2 Å². The van der Waals surface area contributed by atoms with E-state index in [0.717, 1.165) is 37.2 Å². The zero-order chi connectivity index (χ0) is 16.3. The van der Waals surface area contributed by atoms with Crippen LogP contribution in [0.25, 0.3) is 0 Å². The van der Waals surface area contributed by atoms with Crippen molar-refractivity contribution in [2.75, 3.05) is 13.1 Å². The van der Waals surface area contributed by atoms with Crippen molar-refractivity contribution in [3.63, 3.8) is 0 Å². The summed E-state index contributed by atoms with van der Waals surface area (Å²) in [6, 6.07) is 16.5. The molecule has 1 heterocycles. The summed E-state index contributed by atoms with van der Waals surface area (Å²) in [4.78, 5) is 2.36. The zero-order valence-electron chi connectivity index (χ0n) is 13.4. The quantitative estimate of drug-likeness (QED) is 0.867. The third-order valence-corrected chi connectivity index (χ3v) is 4.57. The molecule has 3 rings (SSSR count). The smallest absolute Gasteiger partial charge is 0.123 e. The number of benzene rings is 2. The van der Waals surface area contributed by atoms with Gasteiger partial charge in [0.2, 0.25) is 0 Å². The van der Waals surface area contributed by atoms with Crippen LogP contribution >= 0.6 is 0 Å². The van der Waals surface area contributed by atoms with Crippen LogP contribution in [-0.4, -0.2) is 23.1 Å². The Morgan fingerprint density at radius 3 is 2.39 bits per heavy atom. The first kappa shape index (κ1) is 15.9. The molecule has 0 saturated heterocycles. The van der Waals surface area contributed by atoms with Gasteiger partial charge < -0.3 is 5.11 Å². The van der Waals surface area contributed by atoms with Crippen molar-refractivity contribution in [3.8, 4) is 0 Å². The molecule has 2 aromatic rings. The molecule has 2 aromatic carbocycles. The normalized spacial score (nSPS) is 18.3. The summed E-state index contributed by atoms with van der Waals surface area (Å²) in [6.45, 7) is 4.45. The molecular weight excluding hydrogens is 289 g/mol. The van der Waals surface area contributed by atoms with E-state index in [2.05, 4.69) is 35.2 Å². The summed E-state index contributed by atoms with van der Waals surface area (Å²) in [5, 5.41) is 10.9. The van der Waals surface area contributed by atoms with Crippen LogP contribution in [0.2, 0.25) is 0 Å². The lowest BCUT2D eigenvalue weighted by molar-refractivity contribution is 0.0869. The third-order valence-electron chi connectivity index (χ3n) is 4.57. The SMILES string of the molecule is CC(O)(C1=CCN(Cc2ccccc2)CC1)c1ccc(F)cc1. The number of nitrogens with zero attached hydrogens (tertiary/aromatic N) is 1. The Kier molecular flexibility index (Phi) is 4.60. The minimum atomic E-state index is -1.04. The largest absolute Gasteiger partial charge is 0.381 e. The molecular formula is C20H22FNO. The molecule has 1 aliphatic heterocycles. The molecule has 0 radical (unpaired) electrons. The fraction of sp³-hybridized carbons (Fsp3) is 0.300. The summed E-state index contributed by atoms with van der Waals surface area (Å²) in [6.07, 6.45) is 2.92. The zero-order valence-corrected chi connectivity index (χ0v) is 13.4. The van der Waals surface area contributed by atoms with Gasteiger partial charge in [-0.25, -0.2) is 4.39 Å². The van der Waals surface area contributed by atoms with E-state index in [9.17, 15) is 9.50 Å². The summed E-state index contributed by atoms with van der Waals surface area (Å²) < 4.78 is 13.1. The predicted molar refractivity (Wildman–Crippen MR) is 90.4 cm³/mol. The summed E-state index contributed by atoms with van der Waals surface area (Å²) in [5.41, 5.74) is 2.01. The molecule has 2 nitrogen and oxygen atoms in total. The highest BCUT2D eigenvalue weighted by Crippen LogP contribution is 2.33. The summed E-state index contributed by atoms with van der Waals surface area (Å²) >= 11 is 0. The molecule has 0 spiro atoms. The van der Waals surface area contributed by atoms with Crippen LogP contribution < -0.4 is 0 Å². The van der Waals surface area contributed by atoms with Gasteiger partial charge in [0.15, 0.2) is 0 Å². The molecule has 120 valence electrons. The van der Waals surface area contributed by atoms with Crippen LogP contribution in [0.3, 0.4) is 0 Å². The Bertz CT molecular complexity index is 677. The fourth-order valence-electron chi connectivity index (χ4n) is 3.10. The Hall–Kier alpha value is -1.97. The topological polar surface area (TPSA) is 23.5 Å². The van der Waals surface area contributed by atoms with Crippen LogP contribution in [0.5, 0.6) is 0 Å². The molecule has 0 fully saturated rings. The molecule has 1 aliphatic rings. The van der Waals surface area contributed by atoms with Gasteiger partial charge in [-0.1, -0.05) is 48.5 Å². The van der Waals surface area contributed by atoms with Gasteiger partial charge >= 0.3 is 0 Å². The van der Waals surface area contributed by atoms with E-state index in [1.165, 1.54) is 17.7 Å². The van der Waals surface area contributed by atoms with Gasteiger partial charge in [-0.05, 0) is 42.2 Å². The van der Waals surface area contributed by atoms with E-state index in [4.69, 9.17) is 0 Å². The first-order valence-electron chi connectivity index (χ1n) is 8.00. The van der Waals surface area contributed by atoms with E-state index >= 15 is 0 Å². The first-order chi connectivity index (χ1) is 11.1. The highest BCUT2D eigenvalue weighted by molar-refractivity contribution is 5.33. The Morgan fingerprint density at radius 2 is 1.78 bits per heavy atom. The fourth-order valence-corrected chi connectivity index (χ4v) is 3.10. The van der Waals surface area contributed by atoms with Crippen LogP contribution in [0, 0.1) is 5.82 Å². The van der Waals surface area contributed by atoms with Crippen molar-refractivity contribution >= 4 is 0 Å². The summed E-state index contributed by atoms with van der Waals surface area (Å²) in [5.74, 6) is -0.281. The lowest BCUT2D eigenvalue weighted by atomic mass is 9.84.